The summed E-state index contributed by atoms with van der Waals surface area (Å²) >= 11 is 0. The molecule has 9 unspecified atom stereocenters. The van der Waals surface area contributed by atoms with Crippen molar-refractivity contribution in [1.82, 2.24) is 4.90 Å². The van der Waals surface area contributed by atoms with Crippen LogP contribution in [-0.2, 0) is 38.4 Å². The summed E-state index contributed by atoms with van der Waals surface area (Å²) in [5, 5.41) is 44.4. The van der Waals surface area contributed by atoms with Crippen LogP contribution >= 0.6 is 0 Å². The zero-order valence-electron chi connectivity index (χ0n) is 32.8. The second kappa shape index (κ2) is 15.4. The first-order valence-electron chi connectivity index (χ1n) is 19.7. The number of carboxylic acids is 1. The highest BCUT2D eigenvalue weighted by atomic mass is 16.7. The predicted molar refractivity (Wildman–Crippen MR) is 211 cm³/mol. The molecule has 0 aliphatic carbocycles. The fourth-order valence-electron chi connectivity index (χ4n) is 9.37. The Morgan fingerprint density at radius 3 is 2.57 bits per heavy atom. The summed E-state index contributed by atoms with van der Waals surface area (Å²) < 4.78 is 43.6. The molecule has 17 heteroatoms. The molecule has 9 atom stereocenters. The number of ether oxygens (including phenoxy) is 7. The van der Waals surface area contributed by atoms with Crippen molar-refractivity contribution < 1.29 is 63.2 Å². The Hall–Kier alpha value is -5.69. The molecule has 8 N–H and O–H groups in total. The summed E-state index contributed by atoms with van der Waals surface area (Å²) in [5.41, 5.74) is 15.8. The lowest BCUT2D eigenvalue weighted by atomic mass is 9.78. The third-order valence-corrected chi connectivity index (χ3v) is 12.2. The zero-order valence-corrected chi connectivity index (χ0v) is 32.8. The molecule has 60 heavy (non-hydrogen) atoms. The maximum absolute atomic E-state index is 12.5. The number of methoxy groups -OCH3 is 2. The lowest BCUT2D eigenvalue weighted by Gasteiger charge is -2.48. The lowest BCUT2D eigenvalue weighted by Crippen LogP contribution is -2.71. The molecule has 1 saturated heterocycles. The van der Waals surface area contributed by atoms with Crippen LogP contribution in [0.25, 0.3) is 0 Å². The summed E-state index contributed by atoms with van der Waals surface area (Å²) in [6, 6.07) is 15.6. The van der Waals surface area contributed by atoms with E-state index in [1.165, 1.54) is 0 Å². The van der Waals surface area contributed by atoms with Crippen LogP contribution in [0.5, 0.6) is 28.7 Å². The first-order chi connectivity index (χ1) is 28.9. The number of aliphatic hydroxyl groups is 3. The average molecular weight is 827 g/mol. The molecule has 3 aromatic carbocycles. The number of aliphatic hydroxyl groups excluding tert-OH is 2. The largest absolute Gasteiger partial charge is 0.493 e. The minimum Gasteiger partial charge on any atom is -0.493 e. The van der Waals surface area contributed by atoms with E-state index in [1.54, 1.807) is 26.5 Å². The van der Waals surface area contributed by atoms with E-state index in [1.807, 2.05) is 54.7 Å². The van der Waals surface area contributed by atoms with Crippen LogP contribution in [0.1, 0.15) is 52.7 Å². The van der Waals surface area contributed by atoms with Crippen molar-refractivity contribution in [3.63, 3.8) is 0 Å². The van der Waals surface area contributed by atoms with Crippen LogP contribution in [0.3, 0.4) is 0 Å². The number of fused-ring (bicyclic) bond motifs is 8. The van der Waals surface area contributed by atoms with Crippen LogP contribution in [0, 0.1) is 0 Å². The van der Waals surface area contributed by atoms with Crippen LogP contribution in [0.15, 0.2) is 77.1 Å². The number of carbonyl (C=O) groups is 2. The Kier molecular flexibility index (Phi) is 10.2. The minimum absolute atomic E-state index is 0.145. The first kappa shape index (κ1) is 39.8. The number of benzene rings is 3. The maximum atomic E-state index is 12.5. The van der Waals surface area contributed by atoms with Gasteiger partial charge >= 0.3 is 11.9 Å². The molecule has 9 rings (SSSR count). The number of hydrogen-bond acceptors (Lipinski definition) is 16. The highest BCUT2D eigenvalue weighted by Gasteiger charge is 2.60. The van der Waals surface area contributed by atoms with Crippen LogP contribution in [-0.4, -0.2) is 113 Å². The van der Waals surface area contributed by atoms with Crippen molar-refractivity contribution in [3.05, 3.63) is 99.9 Å². The van der Waals surface area contributed by atoms with E-state index in [4.69, 9.17) is 49.7 Å². The van der Waals surface area contributed by atoms with Gasteiger partial charge in [-0.25, -0.2) is 0 Å². The highest BCUT2D eigenvalue weighted by Crippen LogP contribution is 2.60. The standard InChI is InChI=1S/C43H46N4O13/c1-54-26-9-8-23-32-28(14-20-6-4-3-5-7-20)56-29-15-27-22(24(18-47-17-21-11-13-46-25(21)19-47)33(29)37(32)59-35(23)36(26)55-2)10-12-43(53)40(52)34(51)38(60-42(43)57-27)39(41(44)45)58-31(50)16-30(48)49/h3-9,11,13,15,19,28,32,34,37-42,51-53H,10,12,14,16-18,44-45H2,1-2H3,(H,48,49). The van der Waals surface area contributed by atoms with Gasteiger partial charge in [0.2, 0.25) is 12.0 Å². The molecule has 0 radical (unpaired) electrons. The predicted octanol–water partition coefficient (Wildman–Crippen LogP) is 1.73. The molecule has 17 nitrogen and oxygen atoms in total. The summed E-state index contributed by atoms with van der Waals surface area (Å²) in [7, 11) is 3.14. The molecule has 6 heterocycles. The number of carbonyl (C=O) groups excluding carboxylic acids is 1. The zero-order chi connectivity index (χ0) is 42.0. The minimum atomic E-state index is -2.20. The van der Waals surface area contributed by atoms with Gasteiger partial charge < -0.3 is 70.0 Å². The van der Waals surface area contributed by atoms with E-state index in [0.717, 1.165) is 33.5 Å². The number of aliphatic imine (C=N–C) groups is 1. The Labute approximate surface area is 344 Å². The van der Waals surface area contributed by atoms with Gasteiger partial charge in [-0.15, -0.1) is 0 Å². The quantitative estimate of drug-likeness (QED) is 0.0916. The number of aliphatic carboxylic acids is 1. The fraction of sp³-hybridized carbons (Fsp3) is 0.419. The van der Waals surface area contributed by atoms with E-state index in [2.05, 4.69) is 9.89 Å². The molecule has 0 aromatic heterocycles. The molecule has 0 saturated carbocycles. The Balaban J connectivity index is 1.16. The van der Waals surface area contributed by atoms with Crippen molar-refractivity contribution in [2.75, 3.05) is 20.8 Å². The van der Waals surface area contributed by atoms with Crippen molar-refractivity contribution in [2.24, 2.45) is 16.5 Å². The normalized spacial score (nSPS) is 28.5. The van der Waals surface area contributed by atoms with Crippen molar-refractivity contribution in [2.45, 2.75) is 92.8 Å². The van der Waals surface area contributed by atoms with Gasteiger partial charge in [0.1, 0.15) is 48.4 Å². The average Bonchev–Trinajstić information content (AvgIpc) is 3.91. The molecule has 0 spiro atoms. The number of nitrogens with zero attached hydrogens (tertiary/aromatic N) is 2. The molecular formula is C43H46N4O13. The van der Waals surface area contributed by atoms with Gasteiger partial charge in [0, 0.05) is 60.3 Å². The summed E-state index contributed by atoms with van der Waals surface area (Å²) in [4.78, 5) is 30.3. The third kappa shape index (κ3) is 6.71. The van der Waals surface area contributed by atoms with Gasteiger partial charge in [0.25, 0.3) is 0 Å². The van der Waals surface area contributed by atoms with Gasteiger partial charge in [-0.05, 0) is 36.1 Å². The van der Waals surface area contributed by atoms with Crippen LogP contribution in [0.2, 0.25) is 0 Å². The second-order valence-corrected chi connectivity index (χ2v) is 15.8. The molecular weight excluding hydrogens is 780 g/mol. The SMILES string of the molecule is COc1ccc2c(c1OC)OC1c3c(cc4c(c3CN3C=C5N=CC=C5C3)CCC3(O)C(O4)OC(C(OC(=O)CC(=O)O)C(N)N)C(O)C3O)OC(Cc3ccccc3)C21. The van der Waals surface area contributed by atoms with E-state index in [-0.39, 0.29) is 24.5 Å². The van der Waals surface area contributed by atoms with Gasteiger partial charge in [-0.1, -0.05) is 36.4 Å². The number of esters is 1. The van der Waals surface area contributed by atoms with E-state index in [9.17, 15) is 24.9 Å². The Bertz CT molecular complexity index is 2300. The molecule has 0 amide bonds. The maximum Gasteiger partial charge on any atom is 0.317 e. The monoisotopic (exact) mass is 826 g/mol. The van der Waals surface area contributed by atoms with Gasteiger partial charge in [0.05, 0.1) is 32.0 Å². The first-order valence-corrected chi connectivity index (χ1v) is 19.7. The number of carboxylic acid groups (broad SMARTS) is 1. The summed E-state index contributed by atoms with van der Waals surface area (Å²) in [6.07, 6.45) is -5.96. The van der Waals surface area contributed by atoms with Crippen molar-refractivity contribution in [1.29, 1.82) is 0 Å². The van der Waals surface area contributed by atoms with Gasteiger partial charge in [-0.3, -0.25) is 14.6 Å². The van der Waals surface area contributed by atoms with Crippen LogP contribution in [0.4, 0.5) is 0 Å². The van der Waals surface area contributed by atoms with Gasteiger partial charge in [0.15, 0.2) is 23.2 Å². The van der Waals surface area contributed by atoms with E-state index >= 15 is 0 Å². The highest BCUT2D eigenvalue weighted by molar-refractivity contribution is 5.90. The smallest absolute Gasteiger partial charge is 0.317 e. The summed E-state index contributed by atoms with van der Waals surface area (Å²) in [6.45, 7) is 0.929. The molecule has 316 valence electrons. The van der Waals surface area contributed by atoms with Crippen molar-refractivity contribution in [3.8, 4) is 28.7 Å². The molecule has 3 aromatic rings. The fourth-order valence-corrected chi connectivity index (χ4v) is 9.37. The van der Waals surface area contributed by atoms with E-state index in [0.29, 0.717) is 48.1 Å². The lowest BCUT2D eigenvalue weighted by molar-refractivity contribution is -0.329. The molecule has 0 bridgehead atoms. The Morgan fingerprint density at radius 1 is 1.05 bits per heavy atom. The molecule has 6 aliphatic rings. The third-order valence-electron chi connectivity index (χ3n) is 12.2. The number of rotatable bonds is 11. The van der Waals surface area contributed by atoms with Crippen molar-refractivity contribution >= 4 is 18.2 Å². The van der Waals surface area contributed by atoms with Gasteiger partial charge in [-0.2, -0.15) is 0 Å². The van der Waals surface area contributed by atoms with Crippen LogP contribution < -0.4 is 35.2 Å². The molecule has 6 aliphatic heterocycles. The molecule has 1 fully saturated rings. The topological polar surface area (TPSA) is 247 Å². The second-order valence-electron chi connectivity index (χ2n) is 15.8. The number of hydrogen-bond donors (Lipinski definition) is 6. The summed E-state index contributed by atoms with van der Waals surface area (Å²) in [5.74, 6) is -0.692. The number of allylic oxidation sites excluding steroid dienone is 1. The number of nitrogens with two attached hydrogens (primary N) is 2. The van der Waals surface area contributed by atoms with E-state index < -0.39 is 73.0 Å². The Morgan fingerprint density at radius 2 is 1.85 bits per heavy atom.